The van der Waals surface area contributed by atoms with E-state index in [1.807, 2.05) is 29.2 Å². The summed E-state index contributed by atoms with van der Waals surface area (Å²) in [6.07, 6.45) is 2.95. The molecule has 0 radical (unpaired) electrons. The number of benzene rings is 1. The van der Waals surface area contributed by atoms with E-state index in [0.29, 0.717) is 73.1 Å². The van der Waals surface area contributed by atoms with Crippen molar-refractivity contribution in [1.82, 2.24) is 9.88 Å². The molecule has 2 aliphatic heterocycles. The summed E-state index contributed by atoms with van der Waals surface area (Å²) >= 11 is 18.3. The van der Waals surface area contributed by atoms with Gasteiger partial charge in [0.15, 0.2) is 0 Å². The average molecular weight is 455 g/mol. The van der Waals surface area contributed by atoms with Gasteiger partial charge in [0.2, 0.25) is 5.91 Å². The average Bonchev–Trinajstić information content (AvgIpc) is 2.74. The zero-order valence-electron chi connectivity index (χ0n) is 15.9. The molecule has 0 aliphatic carbocycles. The maximum Gasteiger partial charge on any atom is 0.233 e. The fourth-order valence-electron chi connectivity index (χ4n) is 4.18. The van der Waals surface area contributed by atoms with E-state index in [4.69, 9.17) is 39.5 Å². The Labute approximate surface area is 185 Å². The van der Waals surface area contributed by atoms with Crippen LogP contribution in [0.2, 0.25) is 15.1 Å². The SMILES string of the molecule is O=C(N1CCN(c2ncc(Cl)cc2Cl)CC1)C1(c2ccc(Cl)cc2)CCOCC1. The van der Waals surface area contributed by atoms with Gasteiger partial charge in [-0.3, -0.25) is 4.79 Å². The largest absolute Gasteiger partial charge is 0.381 e. The van der Waals surface area contributed by atoms with Crippen molar-refractivity contribution in [2.45, 2.75) is 18.3 Å². The number of pyridine rings is 1. The molecule has 0 bridgehead atoms. The molecule has 29 heavy (non-hydrogen) atoms. The molecule has 8 heteroatoms. The lowest BCUT2D eigenvalue weighted by Gasteiger charge is -2.43. The Morgan fingerprint density at radius 1 is 0.966 bits per heavy atom. The van der Waals surface area contributed by atoms with Crippen LogP contribution in [0.25, 0.3) is 0 Å². The number of anilines is 1. The molecule has 2 fully saturated rings. The van der Waals surface area contributed by atoms with Gasteiger partial charge >= 0.3 is 0 Å². The van der Waals surface area contributed by atoms with Gasteiger partial charge in [-0.25, -0.2) is 4.98 Å². The van der Waals surface area contributed by atoms with E-state index in [2.05, 4.69) is 9.88 Å². The number of rotatable bonds is 3. The van der Waals surface area contributed by atoms with Crippen LogP contribution < -0.4 is 4.90 Å². The number of aromatic nitrogens is 1. The van der Waals surface area contributed by atoms with Crippen molar-refractivity contribution >= 4 is 46.5 Å². The number of halogens is 3. The minimum Gasteiger partial charge on any atom is -0.381 e. The maximum absolute atomic E-state index is 13.7. The number of ether oxygens (including phenoxy) is 1. The summed E-state index contributed by atoms with van der Waals surface area (Å²) in [6.45, 7) is 3.75. The van der Waals surface area contributed by atoms with Crippen molar-refractivity contribution in [1.29, 1.82) is 0 Å². The molecule has 2 aliphatic rings. The van der Waals surface area contributed by atoms with Crippen LogP contribution in [0.15, 0.2) is 36.5 Å². The molecule has 0 spiro atoms. The van der Waals surface area contributed by atoms with Crippen LogP contribution >= 0.6 is 34.8 Å². The van der Waals surface area contributed by atoms with Crippen LogP contribution in [0.5, 0.6) is 0 Å². The van der Waals surface area contributed by atoms with E-state index in [1.54, 1.807) is 12.3 Å². The van der Waals surface area contributed by atoms with E-state index in [9.17, 15) is 4.79 Å². The van der Waals surface area contributed by atoms with Crippen LogP contribution in [0.1, 0.15) is 18.4 Å². The minimum atomic E-state index is -0.554. The van der Waals surface area contributed by atoms with Gasteiger partial charge in [-0.2, -0.15) is 0 Å². The number of carbonyl (C=O) groups is 1. The van der Waals surface area contributed by atoms with Gasteiger partial charge in [0, 0.05) is 50.6 Å². The van der Waals surface area contributed by atoms with Crippen LogP contribution in [-0.2, 0) is 14.9 Å². The highest BCUT2D eigenvalue weighted by Crippen LogP contribution is 2.38. The minimum absolute atomic E-state index is 0.165. The standard InChI is InChI=1S/C21H22Cl3N3O2/c22-16-3-1-15(2-4-16)21(5-11-29-12-6-21)20(28)27-9-7-26(8-10-27)19-18(24)13-17(23)14-25-19/h1-4,13-14H,5-12H2. The smallest absolute Gasteiger partial charge is 0.233 e. The lowest BCUT2D eigenvalue weighted by atomic mass is 9.73. The molecule has 0 atom stereocenters. The number of carbonyl (C=O) groups excluding carboxylic acids is 1. The second-order valence-corrected chi connectivity index (χ2v) is 8.72. The molecule has 2 saturated heterocycles. The highest BCUT2D eigenvalue weighted by molar-refractivity contribution is 6.36. The fraction of sp³-hybridized carbons (Fsp3) is 0.429. The van der Waals surface area contributed by atoms with Gasteiger partial charge in [0.05, 0.1) is 15.5 Å². The summed E-state index contributed by atoms with van der Waals surface area (Å²) in [5, 5.41) is 1.71. The number of nitrogens with zero attached hydrogens (tertiary/aromatic N) is 3. The van der Waals surface area contributed by atoms with Crippen molar-refractivity contribution < 1.29 is 9.53 Å². The molecule has 3 heterocycles. The first-order valence-electron chi connectivity index (χ1n) is 9.69. The van der Waals surface area contributed by atoms with Crippen LogP contribution in [0, 0.1) is 0 Å². The molecule has 1 aromatic carbocycles. The molecular weight excluding hydrogens is 433 g/mol. The zero-order valence-corrected chi connectivity index (χ0v) is 18.2. The highest BCUT2D eigenvalue weighted by atomic mass is 35.5. The van der Waals surface area contributed by atoms with Crippen LogP contribution in [0.3, 0.4) is 0 Å². The van der Waals surface area contributed by atoms with Gasteiger partial charge in [-0.05, 0) is 36.6 Å². The monoisotopic (exact) mass is 453 g/mol. The Bertz CT molecular complexity index is 877. The van der Waals surface area contributed by atoms with Crippen molar-refractivity contribution in [3.8, 4) is 0 Å². The van der Waals surface area contributed by atoms with E-state index < -0.39 is 5.41 Å². The third-order valence-electron chi connectivity index (χ3n) is 5.81. The van der Waals surface area contributed by atoms with E-state index in [1.165, 1.54) is 0 Å². The number of amides is 1. The topological polar surface area (TPSA) is 45.7 Å². The van der Waals surface area contributed by atoms with Gasteiger partial charge in [0.25, 0.3) is 0 Å². The molecule has 1 amide bonds. The first-order chi connectivity index (χ1) is 14.0. The third-order valence-corrected chi connectivity index (χ3v) is 6.54. The lowest BCUT2D eigenvalue weighted by molar-refractivity contribution is -0.141. The summed E-state index contributed by atoms with van der Waals surface area (Å²) in [6, 6.07) is 9.35. The first kappa shape index (κ1) is 20.7. The Hall–Kier alpha value is -1.53. The maximum atomic E-state index is 13.7. The Balaban J connectivity index is 1.51. The third kappa shape index (κ3) is 4.19. The lowest BCUT2D eigenvalue weighted by Crippen LogP contribution is -2.56. The van der Waals surface area contributed by atoms with Gasteiger partial charge < -0.3 is 14.5 Å². The van der Waals surface area contributed by atoms with Gasteiger partial charge in [-0.15, -0.1) is 0 Å². The fourth-order valence-corrected chi connectivity index (χ4v) is 4.80. The molecule has 4 rings (SSSR count). The second-order valence-electron chi connectivity index (χ2n) is 7.44. The van der Waals surface area contributed by atoms with Crippen molar-refractivity contribution in [3.05, 3.63) is 57.2 Å². The van der Waals surface area contributed by atoms with Crippen molar-refractivity contribution in [2.75, 3.05) is 44.3 Å². The molecule has 154 valence electrons. The summed E-state index contributed by atoms with van der Waals surface area (Å²) < 4.78 is 5.57. The normalized spacial score (nSPS) is 19.3. The molecule has 2 aromatic rings. The molecule has 0 unspecified atom stereocenters. The van der Waals surface area contributed by atoms with Crippen molar-refractivity contribution in [3.63, 3.8) is 0 Å². The molecule has 1 aromatic heterocycles. The van der Waals surface area contributed by atoms with Gasteiger partial charge in [0.1, 0.15) is 5.82 Å². The van der Waals surface area contributed by atoms with Gasteiger partial charge in [-0.1, -0.05) is 46.9 Å². The molecular formula is C21H22Cl3N3O2. The van der Waals surface area contributed by atoms with E-state index >= 15 is 0 Å². The zero-order chi connectivity index (χ0) is 20.4. The molecule has 0 N–H and O–H groups in total. The molecule has 5 nitrogen and oxygen atoms in total. The van der Waals surface area contributed by atoms with Crippen LogP contribution in [0.4, 0.5) is 5.82 Å². The summed E-state index contributed by atoms with van der Waals surface area (Å²) in [7, 11) is 0. The Morgan fingerprint density at radius 2 is 1.62 bits per heavy atom. The second kappa shape index (κ2) is 8.68. The first-order valence-corrected chi connectivity index (χ1v) is 10.8. The highest BCUT2D eigenvalue weighted by Gasteiger charge is 2.44. The predicted octanol–water partition coefficient (Wildman–Crippen LogP) is 4.44. The number of hydrogen-bond acceptors (Lipinski definition) is 4. The van der Waals surface area contributed by atoms with Crippen molar-refractivity contribution in [2.24, 2.45) is 0 Å². The summed E-state index contributed by atoms with van der Waals surface area (Å²) in [5.41, 5.74) is 0.460. The summed E-state index contributed by atoms with van der Waals surface area (Å²) in [5.74, 6) is 0.875. The Morgan fingerprint density at radius 3 is 2.24 bits per heavy atom. The molecule has 0 saturated carbocycles. The number of hydrogen-bond donors (Lipinski definition) is 0. The van der Waals surface area contributed by atoms with Crippen LogP contribution in [-0.4, -0.2) is 55.2 Å². The van der Waals surface area contributed by atoms with E-state index in [-0.39, 0.29) is 5.91 Å². The quantitative estimate of drug-likeness (QED) is 0.688. The number of piperazine rings is 1. The predicted molar refractivity (Wildman–Crippen MR) is 116 cm³/mol. The Kier molecular flexibility index (Phi) is 6.21. The summed E-state index contributed by atoms with van der Waals surface area (Å²) in [4.78, 5) is 22.1. The van der Waals surface area contributed by atoms with E-state index in [0.717, 1.165) is 5.56 Å².